The fourth-order valence-electron chi connectivity index (χ4n) is 1.00. The number of carbonyl (C=O) groups is 2. The highest BCUT2D eigenvalue weighted by atomic mass is 32.2. The minimum Gasteiger partial charge on any atom is -0.481 e. The van der Waals surface area contributed by atoms with Crippen molar-refractivity contribution in [3.05, 3.63) is 0 Å². The standard InChI is InChI=1S/C12H22O4S3/c1-9(11(13)14)7-18-5-3-17-4-6-19-8-10(2)12(15)16/h9-10H,3-8H2,1-2H3,(H,13,14)(H,15,16). The first kappa shape index (κ1) is 19.0. The normalized spacial score (nSPS) is 14.0. The maximum atomic E-state index is 10.6. The molecule has 112 valence electrons. The van der Waals surface area contributed by atoms with Gasteiger partial charge in [-0.25, -0.2) is 0 Å². The van der Waals surface area contributed by atoms with Gasteiger partial charge in [0.1, 0.15) is 0 Å². The third kappa shape index (κ3) is 11.5. The fraction of sp³-hybridized carbons (Fsp3) is 0.833. The summed E-state index contributed by atoms with van der Waals surface area (Å²) in [6.45, 7) is 3.45. The van der Waals surface area contributed by atoms with Crippen molar-refractivity contribution in [2.24, 2.45) is 11.8 Å². The van der Waals surface area contributed by atoms with Crippen LogP contribution in [0.25, 0.3) is 0 Å². The Labute approximate surface area is 127 Å². The second-order valence-corrected chi connectivity index (χ2v) is 7.77. The van der Waals surface area contributed by atoms with Gasteiger partial charge in [-0.3, -0.25) is 9.59 Å². The van der Waals surface area contributed by atoms with Crippen molar-refractivity contribution in [3.8, 4) is 0 Å². The van der Waals surface area contributed by atoms with Gasteiger partial charge >= 0.3 is 11.9 Å². The molecular formula is C12H22O4S3. The number of hydrogen-bond acceptors (Lipinski definition) is 5. The van der Waals surface area contributed by atoms with E-state index in [9.17, 15) is 9.59 Å². The second kappa shape index (κ2) is 11.8. The van der Waals surface area contributed by atoms with Crippen LogP contribution in [0.15, 0.2) is 0 Å². The van der Waals surface area contributed by atoms with Crippen molar-refractivity contribution < 1.29 is 19.8 Å². The molecule has 0 heterocycles. The van der Waals surface area contributed by atoms with Gasteiger partial charge in [0, 0.05) is 34.5 Å². The SMILES string of the molecule is CC(CSCCSCCSCC(C)C(=O)O)C(=O)O. The lowest BCUT2D eigenvalue weighted by Gasteiger charge is -2.06. The average molecular weight is 327 g/mol. The molecule has 0 rings (SSSR count). The molecule has 0 bridgehead atoms. The molecule has 0 fully saturated rings. The topological polar surface area (TPSA) is 74.6 Å². The van der Waals surface area contributed by atoms with Gasteiger partial charge in [-0.1, -0.05) is 13.8 Å². The van der Waals surface area contributed by atoms with Crippen LogP contribution in [0.2, 0.25) is 0 Å². The molecule has 0 aliphatic carbocycles. The molecule has 0 aromatic heterocycles. The smallest absolute Gasteiger partial charge is 0.307 e. The van der Waals surface area contributed by atoms with E-state index in [2.05, 4.69) is 0 Å². The molecule has 0 aromatic rings. The van der Waals surface area contributed by atoms with E-state index in [1.807, 2.05) is 11.8 Å². The van der Waals surface area contributed by atoms with Crippen LogP contribution in [0, 0.1) is 11.8 Å². The molecule has 0 spiro atoms. The Hall–Kier alpha value is -0.0100. The maximum absolute atomic E-state index is 10.6. The summed E-state index contributed by atoms with van der Waals surface area (Å²) in [5, 5.41) is 17.4. The number of thioether (sulfide) groups is 3. The minimum absolute atomic E-state index is 0.275. The Morgan fingerprint density at radius 2 is 1.11 bits per heavy atom. The lowest BCUT2D eigenvalue weighted by Crippen LogP contribution is -2.12. The van der Waals surface area contributed by atoms with Crippen LogP contribution in [-0.4, -0.2) is 56.7 Å². The molecule has 2 unspecified atom stereocenters. The van der Waals surface area contributed by atoms with E-state index in [0.29, 0.717) is 11.5 Å². The van der Waals surface area contributed by atoms with E-state index in [-0.39, 0.29) is 11.8 Å². The first-order valence-electron chi connectivity index (χ1n) is 6.14. The van der Waals surface area contributed by atoms with Crippen LogP contribution < -0.4 is 0 Å². The maximum Gasteiger partial charge on any atom is 0.307 e. The van der Waals surface area contributed by atoms with Gasteiger partial charge in [-0.05, 0) is 0 Å². The quantitative estimate of drug-likeness (QED) is 0.534. The second-order valence-electron chi connectivity index (χ2n) is 4.24. The molecule has 0 amide bonds. The summed E-state index contributed by atoms with van der Waals surface area (Å²) in [4.78, 5) is 21.2. The lowest BCUT2D eigenvalue weighted by atomic mass is 10.2. The van der Waals surface area contributed by atoms with Crippen LogP contribution in [0.4, 0.5) is 0 Å². The molecule has 4 nitrogen and oxygen atoms in total. The number of hydrogen-bond donors (Lipinski definition) is 2. The largest absolute Gasteiger partial charge is 0.481 e. The third-order valence-corrected chi connectivity index (χ3v) is 6.28. The molecule has 19 heavy (non-hydrogen) atoms. The summed E-state index contributed by atoms with van der Waals surface area (Å²) in [6.07, 6.45) is 0. The minimum atomic E-state index is -0.732. The van der Waals surface area contributed by atoms with Crippen LogP contribution in [0.1, 0.15) is 13.8 Å². The number of rotatable bonds is 12. The van der Waals surface area contributed by atoms with Crippen molar-refractivity contribution in [1.29, 1.82) is 0 Å². The third-order valence-electron chi connectivity index (χ3n) is 2.32. The van der Waals surface area contributed by atoms with E-state index in [1.165, 1.54) is 0 Å². The molecule has 0 aromatic carbocycles. The zero-order chi connectivity index (χ0) is 14.7. The highest BCUT2D eigenvalue weighted by Crippen LogP contribution is 2.14. The highest BCUT2D eigenvalue weighted by molar-refractivity contribution is 8.04. The van der Waals surface area contributed by atoms with E-state index in [0.717, 1.165) is 23.0 Å². The summed E-state index contributed by atoms with van der Waals surface area (Å²) in [7, 11) is 0. The van der Waals surface area contributed by atoms with Crippen molar-refractivity contribution in [2.45, 2.75) is 13.8 Å². The molecule has 2 N–H and O–H groups in total. The van der Waals surface area contributed by atoms with E-state index in [1.54, 1.807) is 37.4 Å². The van der Waals surface area contributed by atoms with Crippen molar-refractivity contribution >= 4 is 47.2 Å². The summed E-state index contributed by atoms with van der Waals surface area (Å²) in [5.74, 6) is 3.30. The van der Waals surface area contributed by atoms with Crippen molar-refractivity contribution in [2.75, 3.05) is 34.5 Å². The fourth-order valence-corrected chi connectivity index (χ4v) is 4.42. The zero-order valence-corrected chi connectivity index (χ0v) is 13.8. The van der Waals surface area contributed by atoms with Gasteiger partial charge in [-0.2, -0.15) is 35.3 Å². The lowest BCUT2D eigenvalue weighted by molar-refractivity contribution is -0.141. The van der Waals surface area contributed by atoms with Crippen LogP contribution in [0.5, 0.6) is 0 Å². The molecule has 7 heteroatoms. The Morgan fingerprint density at radius 3 is 1.42 bits per heavy atom. The van der Waals surface area contributed by atoms with Gasteiger partial charge in [0.25, 0.3) is 0 Å². The van der Waals surface area contributed by atoms with E-state index >= 15 is 0 Å². The highest BCUT2D eigenvalue weighted by Gasteiger charge is 2.10. The molecule has 0 radical (unpaired) electrons. The summed E-state index contributed by atoms with van der Waals surface area (Å²) in [5.41, 5.74) is 0. The van der Waals surface area contributed by atoms with E-state index < -0.39 is 11.9 Å². The van der Waals surface area contributed by atoms with Gasteiger partial charge in [0.2, 0.25) is 0 Å². The van der Waals surface area contributed by atoms with Crippen molar-refractivity contribution in [1.82, 2.24) is 0 Å². The van der Waals surface area contributed by atoms with Crippen LogP contribution >= 0.6 is 35.3 Å². The molecular weight excluding hydrogens is 304 g/mol. The molecule has 0 aliphatic heterocycles. The van der Waals surface area contributed by atoms with Gasteiger partial charge < -0.3 is 10.2 Å². The summed E-state index contributed by atoms with van der Waals surface area (Å²) in [6, 6.07) is 0. The first-order valence-corrected chi connectivity index (χ1v) is 9.60. The predicted molar refractivity (Wildman–Crippen MR) is 85.6 cm³/mol. The van der Waals surface area contributed by atoms with Gasteiger partial charge in [0.15, 0.2) is 0 Å². The zero-order valence-electron chi connectivity index (χ0n) is 11.3. The predicted octanol–water partition coefficient (Wildman–Crippen LogP) is 2.63. The van der Waals surface area contributed by atoms with Crippen LogP contribution in [-0.2, 0) is 9.59 Å². The monoisotopic (exact) mass is 326 g/mol. The summed E-state index contributed by atoms with van der Waals surface area (Å²) < 4.78 is 0. The Bertz CT molecular complexity index is 248. The summed E-state index contributed by atoms with van der Waals surface area (Å²) >= 11 is 5.19. The van der Waals surface area contributed by atoms with Gasteiger partial charge in [-0.15, -0.1) is 0 Å². The van der Waals surface area contributed by atoms with Crippen molar-refractivity contribution in [3.63, 3.8) is 0 Å². The Kier molecular flexibility index (Phi) is 11.8. The number of carboxylic acids is 2. The molecule has 2 atom stereocenters. The molecule has 0 saturated carbocycles. The number of carboxylic acid groups (broad SMARTS) is 2. The van der Waals surface area contributed by atoms with Crippen LogP contribution in [0.3, 0.4) is 0 Å². The van der Waals surface area contributed by atoms with E-state index in [4.69, 9.17) is 10.2 Å². The number of aliphatic carboxylic acids is 2. The Morgan fingerprint density at radius 1 is 0.789 bits per heavy atom. The molecule has 0 saturated heterocycles. The Balaban J connectivity index is 3.24. The average Bonchev–Trinajstić information content (AvgIpc) is 2.35. The van der Waals surface area contributed by atoms with Gasteiger partial charge in [0.05, 0.1) is 11.8 Å². The first-order chi connectivity index (χ1) is 8.95. The molecule has 0 aliphatic rings.